The zero-order chi connectivity index (χ0) is 14.9. The molecule has 1 aliphatic carbocycles. The first-order valence-electron chi connectivity index (χ1n) is 6.74. The van der Waals surface area contributed by atoms with Gasteiger partial charge in [-0.25, -0.2) is 0 Å². The van der Waals surface area contributed by atoms with Crippen molar-refractivity contribution >= 4 is 34.5 Å². The highest BCUT2D eigenvalue weighted by atomic mass is 32.1. The number of hydrogen-bond donors (Lipinski definition) is 2. The second-order valence-corrected chi connectivity index (χ2v) is 6.27. The van der Waals surface area contributed by atoms with Gasteiger partial charge in [-0.3, -0.25) is 4.79 Å². The zero-order valence-corrected chi connectivity index (χ0v) is 13.0. The van der Waals surface area contributed by atoms with E-state index in [1.807, 2.05) is 43.3 Å². The van der Waals surface area contributed by atoms with Crippen molar-refractivity contribution in [2.45, 2.75) is 19.8 Å². The van der Waals surface area contributed by atoms with Crippen molar-refractivity contribution in [3.8, 4) is 0 Å². The van der Waals surface area contributed by atoms with Gasteiger partial charge in [0.05, 0.1) is 21.8 Å². The first-order valence-corrected chi connectivity index (χ1v) is 7.15. The van der Waals surface area contributed by atoms with E-state index >= 15 is 0 Å². The van der Waals surface area contributed by atoms with Gasteiger partial charge in [0.1, 0.15) is 0 Å². The lowest BCUT2D eigenvalue weighted by molar-refractivity contribution is -0.127. The van der Waals surface area contributed by atoms with Gasteiger partial charge in [0.25, 0.3) is 0 Å². The first-order chi connectivity index (χ1) is 9.36. The van der Waals surface area contributed by atoms with Crippen molar-refractivity contribution in [2.24, 2.45) is 17.1 Å². The van der Waals surface area contributed by atoms with Gasteiger partial charge in [-0.2, -0.15) is 0 Å². The lowest BCUT2D eigenvalue weighted by atomic mass is 9.62. The molecule has 1 saturated carbocycles. The van der Waals surface area contributed by atoms with Crippen LogP contribution in [-0.2, 0) is 4.79 Å². The third-order valence-electron chi connectivity index (χ3n) is 3.93. The number of rotatable bonds is 4. The molecular weight excluding hydrogens is 270 g/mol. The Morgan fingerprint density at radius 1 is 1.40 bits per heavy atom. The zero-order valence-electron chi connectivity index (χ0n) is 12.1. The maximum Gasteiger partial charge on any atom is 0.237 e. The maximum atomic E-state index is 12.6. The summed E-state index contributed by atoms with van der Waals surface area (Å²) in [7, 11) is 3.89. The Morgan fingerprint density at radius 2 is 2.00 bits per heavy atom. The van der Waals surface area contributed by atoms with Crippen molar-refractivity contribution in [2.75, 3.05) is 24.3 Å². The van der Waals surface area contributed by atoms with Gasteiger partial charge in [0.2, 0.25) is 5.91 Å². The van der Waals surface area contributed by atoms with Crippen molar-refractivity contribution in [3.63, 3.8) is 0 Å². The molecule has 1 aliphatic rings. The molecule has 3 N–H and O–H groups in total. The number of benzene rings is 1. The number of carbonyl (C=O) groups excluding carboxylic acids is 1. The van der Waals surface area contributed by atoms with Crippen LogP contribution in [0.15, 0.2) is 24.3 Å². The largest absolute Gasteiger partial charge is 0.392 e. The molecule has 0 bridgehead atoms. The van der Waals surface area contributed by atoms with Gasteiger partial charge in [0, 0.05) is 14.1 Å². The van der Waals surface area contributed by atoms with Crippen molar-refractivity contribution < 1.29 is 4.79 Å². The second kappa shape index (κ2) is 5.40. The minimum Gasteiger partial charge on any atom is -0.392 e. The maximum absolute atomic E-state index is 12.6. The number of nitrogens with zero attached hydrogens (tertiary/aromatic N) is 1. The molecule has 0 radical (unpaired) electrons. The van der Waals surface area contributed by atoms with Crippen LogP contribution >= 0.6 is 12.2 Å². The number of amides is 1. The van der Waals surface area contributed by atoms with Crippen LogP contribution in [0.4, 0.5) is 11.4 Å². The molecular formula is C15H21N3OS. The standard InChI is InChI=1S/C15H21N3OS/c1-10-8-15(9-10,13(16)20)14(19)17-11-6-4-5-7-12(11)18(2)3/h4-7,10H,8-9H2,1-3H3,(H2,16,20)(H,17,19). The van der Waals surface area contributed by atoms with Gasteiger partial charge < -0.3 is 16.0 Å². The van der Waals surface area contributed by atoms with Crippen molar-refractivity contribution in [1.82, 2.24) is 0 Å². The quantitative estimate of drug-likeness (QED) is 0.836. The molecule has 5 heteroatoms. The third kappa shape index (κ3) is 2.50. The van der Waals surface area contributed by atoms with Crippen LogP contribution in [0, 0.1) is 11.3 Å². The smallest absolute Gasteiger partial charge is 0.237 e. The fourth-order valence-corrected chi connectivity index (χ4v) is 3.10. The Bertz CT molecular complexity index is 536. The van der Waals surface area contributed by atoms with Crippen LogP contribution in [0.25, 0.3) is 0 Å². The number of carbonyl (C=O) groups is 1. The van der Waals surface area contributed by atoms with E-state index in [0.29, 0.717) is 10.9 Å². The van der Waals surface area contributed by atoms with Crippen LogP contribution in [0.1, 0.15) is 19.8 Å². The summed E-state index contributed by atoms with van der Waals surface area (Å²) in [5, 5.41) is 2.99. The molecule has 1 aromatic carbocycles. The average molecular weight is 291 g/mol. The fourth-order valence-electron chi connectivity index (χ4n) is 2.84. The molecule has 0 heterocycles. The first kappa shape index (κ1) is 14.8. The van der Waals surface area contributed by atoms with E-state index in [9.17, 15) is 4.79 Å². The summed E-state index contributed by atoms with van der Waals surface area (Å²) >= 11 is 5.12. The summed E-state index contributed by atoms with van der Waals surface area (Å²) < 4.78 is 0. The Kier molecular flexibility index (Phi) is 3.99. The van der Waals surface area contributed by atoms with Gasteiger partial charge >= 0.3 is 0 Å². The molecule has 0 saturated heterocycles. The predicted molar refractivity (Wildman–Crippen MR) is 87.0 cm³/mol. The Labute approximate surface area is 125 Å². The minimum atomic E-state index is -0.672. The summed E-state index contributed by atoms with van der Waals surface area (Å²) in [5.74, 6) is 0.406. The van der Waals surface area contributed by atoms with E-state index in [2.05, 4.69) is 12.2 Å². The number of thiocarbonyl (C=S) groups is 1. The van der Waals surface area contributed by atoms with E-state index in [0.717, 1.165) is 24.2 Å². The summed E-state index contributed by atoms with van der Waals surface area (Å²) in [6.07, 6.45) is 1.47. The van der Waals surface area contributed by atoms with Crippen molar-refractivity contribution in [1.29, 1.82) is 0 Å². The second-order valence-electron chi connectivity index (χ2n) is 5.83. The highest BCUT2D eigenvalue weighted by Gasteiger charge is 2.50. The van der Waals surface area contributed by atoms with Gasteiger partial charge in [-0.1, -0.05) is 31.3 Å². The molecule has 0 aliphatic heterocycles. The minimum absolute atomic E-state index is 0.0857. The van der Waals surface area contributed by atoms with E-state index in [1.165, 1.54) is 0 Å². The molecule has 0 unspecified atom stereocenters. The van der Waals surface area contributed by atoms with Crippen LogP contribution < -0.4 is 16.0 Å². The number of nitrogens with two attached hydrogens (primary N) is 1. The van der Waals surface area contributed by atoms with Crippen molar-refractivity contribution in [3.05, 3.63) is 24.3 Å². The van der Waals surface area contributed by atoms with Crippen LogP contribution in [0.3, 0.4) is 0 Å². The summed E-state index contributed by atoms with van der Waals surface area (Å²) in [5.41, 5.74) is 6.89. The van der Waals surface area contributed by atoms with Crippen LogP contribution in [-0.4, -0.2) is 25.0 Å². The molecule has 1 aromatic rings. The molecule has 0 atom stereocenters. The van der Waals surface area contributed by atoms with E-state index in [1.54, 1.807) is 0 Å². The SMILES string of the molecule is CC1CC(C(=O)Nc2ccccc2N(C)C)(C(N)=S)C1. The third-order valence-corrected chi connectivity index (χ3v) is 4.32. The highest BCUT2D eigenvalue weighted by Crippen LogP contribution is 2.46. The topological polar surface area (TPSA) is 58.4 Å². The number of nitrogens with one attached hydrogen (secondary N) is 1. The lowest BCUT2D eigenvalue weighted by Gasteiger charge is -2.44. The van der Waals surface area contributed by atoms with E-state index < -0.39 is 5.41 Å². The fraction of sp³-hybridized carbons (Fsp3) is 0.467. The van der Waals surface area contributed by atoms with E-state index in [-0.39, 0.29) is 5.91 Å². The van der Waals surface area contributed by atoms with Crippen LogP contribution in [0.5, 0.6) is 0 Å². The van der Waals surface area contributed by atoms with Gasteiger partial charge in [-0.05, 0) is 30.9 Å². The molecule has 1 amide bonds. The van der Waals surface area contributed by atoms with Gasteiger partial charge in [-0.15, -0.1) is 0 Å². The average Bonchev–Trinajstić information content (AvgIpc) is 2.34. The Balaban J connectivity index is 2.22. The summed E-state index contributed by atoms with van der Waals surface area (Å²) in [4.78, 5) is 14.8. The summed E-state index contributed by atoms with van der Waals surface area (Å²) in [6, 6.07) is 7.70. The number of para-hydroxylation sites is 2. The molecule has 4 nitrogen and oxygen atoms in total. The Morgan fingerprint density at radius 3 is 2.50 bits per heavy atom. The molecule has 2 rings (SSSR count). The normalized spacial score (nSPS) is 24.6. The molecule has 0 aromatic heterocycles. The molecule has 108 valence electrons. The highest BCUT2D eigenvalue weighted by molar-refractivity contribution is 7.80. The lowest BCUT2D eigenvalue weighted by Crippen LogP contribution is -2.53. The van der Waals surface area contributed by atoms with Gasteiger partial charge in [0.15, 0.2) is 0 Å². The van der Waals surface area contributed by atoms with E-state index in [4.69, 9.17) is 18.0 Å². The Hall–Kier alpha value is -1.62. The summed E-state index contributed by atoms with van der Waals surface area (Å²) in [6.45, 7) is 2.11. The number of anilines is 2. The number of hydrogen-bond acceptors (Lipinski definition) is 3. The molecule has 1 fully saturated rings. The predicted octanol–water partition coefficient (Wildman–Crippen LogP) is 2.39. The monoisotopic (exact) mass is 291 g/mol. The molecule has 0 spiro atoms. The molecule has 20 heavy (non-hydrogen) atoms. The van der Waals surface area contributed by atoms with Crippen LogP contribution in [0.2, 0.25) is 0 Å².